The molecule has 1 aliphatic rings. The van der Waals surface area contributed by atoms with Crippen molar-refractivity contribution < 1.29 is 4.79 Å². The number of carbonyl (C=O) groups is 1. The molecule has 9 nitrogen and oxygen atoms in total. The highest BCUT2D eigenvalue weighted by atomic mass is 32.2. The van der Waals surface area contributed by atoms with E-state index >= 15 is 0 Å². The molecule has 0 unspecified atom stereocenters. The van der Waals surface area contributed by atoms with Gasteiger partial charge < -0.3 is 9.30 Å². The molecule has 5 rings (SSSR count). The Labute approximate surface area is 203 Å². The van der Waals surface area contributed by atoms with Crippen LogP contribution in [-0.2, 0) is 17.8 Å². The summed E-state index contributed by atoms with van der Waals surface area (Å²) in [6.07, 6.45) is 4.38. The van der Waals surface area contributed by atoms with E-state index in [2.05, 4.69) is 56.5 Å². The second kappa shape index (κ2) is 8.99. The maximum absolute atomic E-state index is 13.2. The molecule has 0 bridgehead atoms. The third kappa shape index (κ3) is 4.16. The molecule has 34 heavy (non-hydrogen) atoms. The Balaban J connectivity index is 1.25. The molecule has 0 N–H and O–H groups in total. The first-order valence-electron chi connectivity index (χ1n) is 11.5. The lowest BCUT2D eigenvalue weighted by molar-refractivity contribution is -0.132. The van der Waals surface area contributed by atoms with Gasteiger partial charge in [0.1, 0.15) is 5.65 Å². The highest BCUT2D eigenvalue weighted by Crippen LogP contribution is 2.20. The van der Waals surface area contributed by atoms with Gasteiger partial charge in [-0.05, 0) is 51.6 Å². The van der Waals surface area contributed by atoms with Crippen molar-refractivity contribution in [2.45, 2.75) is 45.8 Å². The monoisotopic (exact) mass is 478 g/mol. The molecule has 1 fully saturated rings. The second-order valence-corrected chi connectivity index (χ2v) is 9.75. The van der Waals surface area contributed by atoms with Crippen LogP contribution in [0.15, 0.2) is 23.5 Å². The lowest BCUT2D eigenvalue weighted by Gasteiger charge is -2.35. The van der Waals surface area contributed by atoms with Crippen molar-refractivity contribution in [2.24, 2.45) is 0 Å². The number of imidazole rings is 1. The van der Waals surface area contributed by atoms with E-state index in [-0.39, 0.29) is 5.91 Å². The van der Waals surface area contributed by atoms with Gasteiger partial charge in [0.05, 0.1) is 17.8 Å². The molecule has 1 amide bonds. The lowest BCUT2D eigenvalue weighted by atomic mass is 10.1. The first kappa shape index (κ1) is 22.8. The summed E-state index contributed by atoms with van der Waals surface area (Å²) >= 11 is 1.49. The Morgan fingerprint density at radius 1 is 1.03 bits per heavy atom. The minimum absolute atomic E-state index is 0.138. The van der Waals surface area contributed by atoms with Crippen LogP contribution in [0.5, 0.6) is 0 Å². The van der Waals surface area contributed by atoms with Crippen molar-refractivity contribution in [2.75, 3.05) is 32.4 Å². The molecule has 5 heterocycles. The smallest absolute Gasteiger partial charge is 0.253 e. The zero-order chi connectivity index (χ0) is 24.0. The molecular weight excluding hydrogens is 448 g/mol. The van der Waals surface area contributed by atoms with Crippen LogP contribution in [0.3, 0.4) is 0 Å². The van der Waals surface area contributed by atoms with Crippen molar-refractivity contribution in [1.82, 2.24) is 38.8 Å². The van der Waals surface area contributed by atoms with Crippen LogP contribution in [-0.4, -0.2) is 77.1 Å². The van der Waals surface area contributed by atoms with Crippen molar-refractivity contribution in [3.8, 4) is 0 Å². The van der Waals surface area contributed by atoms with Crippen LogP contribution in [0.4, 0.5) is 0 Å². The number of hydrogen-bond donors (Lipinski definition) is 0. The molecule has 178 valence electrons. The molecule has 10 heteroatoms. The minimum atomic E-state index is 0.138. The van der Waals surface area contributed by atoms with Gasteiger partial charge in [0.2, 0.25) is 11.1 Å². The standard InChI is InChI=1S/C24H30N8OS/c1-15-6-7-31-20(17(3)25-21(31)12-15)14-29-8-10-30(11-9-29)22(33)13-19-16(2)26-23-27-24(34-5)28-32(23)18(19)4/h6-7,12H,8-11,13-14H2,1-5H3. The molecule has 0 atom stereocenters. The van der Waals surface area contributed by atoms with Crippen molar-refractivity contribution in [3.63, 3.8) is 0 Å². The van der Waals surface area contributed by atoms with Gasteiger partial charge in [-0.25, -0.2) is 14.5 Å². The Kier molecular flexibility index (Phi) is 6.03. The Hall–Kier alpha value is -2.98. The summed E-state index contributed by atoms with van der Waals surface area (Å²) in [5, 5.41) is 5.18. The summed E-state index contributed by atoms with van der Waals surface area (Å²) in [7, 11) is 0. The summed E-state index contributed by atoms with van der Waals surface area (Å²) in [5.41, 5.74) is 7.21. The fourth-order valence-electron chi connectivity index (χ4n) is 4.67. The third-order valence-electron chi connectivity index (χ3n) is 6.72. The molecule has 0 radical (unpaired) electrons. The molecule has 0 spiro atoms. The van der Waals surface area contributed by atoms with Crippen molar-refractivity contribution in [1.29, 1.82) is 0 Å². The normalized spacial score (nSPS) is 15.0. The van der Waals surface area contributed by atoms with Crippen molar-refractivity contribution >= 4 is 29.1 Å². The number of fused-ring (bicyclic) bond motifs is 2. The van der Waals surface area contributed by atoms with Crippen LogP contribution in [0.1, 0.15) is 33.9 Å². The number of carbonyl (C=O) groups excluding carboxylic acids is 1. The van der Waals surface area contributed by atoms with Gasteiger partial charge in [-0.2, -0.15) is 4.98 Å². The van der Waals surface area contributed by atoms with Gasteiger partial charge in [-0.1, -0.05) is 11.8 Å². The van der Waals surface area contributed by atoms with Gasteiger partial charge in [0.25, 0.3) is 5.78 Å². The fraction of sp³-hybridized carbons (Fsp3) is 0.458. The average Bonchev–Trinajstić information content (AvgIpc) is 3.37. The molecule has 4 aromatic heterocycles. The Bertz CT molecular complexity index is 1380. The van der Waals surface area contributed by atoms with E-state index in [9.17, 15) is 4.79 Å². The molecule has 0 aromatic carbocycles. The molecule has 1 saturated heterocycles. The van der Waals surface area contributed by atoms with E-state index in [1.165, 1.54) is 23.0 Å². The zero-order valence-corrected chi connectivity index (χ0v) is 21.2. The van der Waals surface area contributed by atoms with Gasteiger partial charge in [-0.3, -0.25) is 9.69 Å². The van der Waals surface area contributed by atoms with Gasteiger partial charge in [0, 0.05) is 55.9 Å². The summed E-state index contributed by atoms with van der Waals surface area (Å²) in [4.78, 5) is 31.3. The van der Waals surface area contributed by atoms with E-state index in [0.29, 0.717) is 17.4 Å². The number of rotatable bonds is 5. The van der Waals surface area contributed by atoms with E-state index in [4.69, 9.17) is 4.98 Å². The maximum atomic E-state index is 13.2. The maximum Gasteiger partial charge on any atom is 0.253 e. The lowest BCUT2D eigenvalue weighted by Crippen LogP contribution is -2.49. The zero-order valence-electron chi connectivity index (χ0n) is 20.4. The Morgan fingerprint density at radius 3 is 2.53 bits per heavy atom. The number of hydrogen-bond acceptors (Lipinski definition) is 7. The van der Waals surface area contributed by atoms with E-state index in [0.717, 1.165) is 61.0 Å². The first-order valence-corrected chi connectivity index (χ1v) is 12.8. The summed E-state index contributed by atoms with van der Waals surface area (Å²) in [6.45, 7) is 12.1. The number of aryl methyl sites for hydroxylation is 4. The van der Waals surface area contributed by atoms with Crippen LogP contribution in [0.25, 0.3) is 11.4 Å². The van der Waals surface area contributed by atoms with Crippen molar-refractivity contribution in [3.05, 3.63) is 52.2 Å². The average molecular weight is 479 g/mol. The number of amides is 1. The predicted molar refractivity (Wildman–Crippen MR) is 132 cm³/mol. The first-order chi connectivity index (χ1) is 16.3. The molecule has 0 saturated carbocycles. The van der Waals surface area contributed by atoms with Crippen LogP contribution in [0, 0.1) is 27.7 Å². The topological polar surface area (TPSA) is 83.9 Å². The predicted octanol–water partition coefficient (Wildman–Crippen LogP) is 2.61. The fourth-order valence-corrected chi connectivity index (χ4v) is 5.00. The SMILES string of the molecule is CSc1nc2nc(C)c(CC(=O)N3CCN(Cc4c(C)nc5cc(C)ccn45)CC3)c(C)n2n1. The van der Waals surface area contributed by atoms with Gasteiger partial charge >= 0.3 is 0 Å². The highest BCUT2D eigenvalue weighted by Gasteiger charge is 2.24. The van der Waals surface area contributed by atoms with E-state index < -0.39 is 0 Å². The van der Waals surface area contributed by atoms with Gasteiger partial charge in [0.15, 0.2) is 0 Å². The molecule has 1 aliphatic heterocycles. The number of pyridine rings is 1. The molecule has 4 aromatic rings. The highest BCUT2D eigenvalue weighted by molar-refractivity contribution is 7.98. The van der Waals surface area contributed by atoms with E-state index in [1.54, 1.807) is 4.52 Å². The third-order valence-corrected chi connectivity index (χ3v) is 7.26. The Morgan fingerprint density at radius 2 is 1.79 bits per heavy atom. The second-order valence-electron chi connectivity index (χ2n) is 8.98. The summed E-state index contributed by atoms with van der Waals surface area (Å²) in [5.74, 6) is 0.723. The van der Waals surface area contributed by atoms with Crippen LogP contribution in [0.2, 0.25) is 0 Å². The number of thioether (sulfide) groups is 1. The molecule has 0 aliphatic carbocycles. The summed E-state index contributed by atoms with van der Waals surface area (Å²) < 4.78 is 3.93. The van der Waals surface area contributed by atoms with Crippen LogP contribution >= 0.6 is 11.8 Å². The van der Waals surface area contributed by atoms with Crippen LogP contribution < -0.4 is 0 Å². The number of nitrogens with zero attached hydrogens (tertiary/aromatic N) is 8. The van der Waals surface area contributed by atoms with Gasteiger partial charge in [-0.15, -0.1) is 5.10 Å². The molecular formula is C24H30N8OS. The summed E-state index contributed by atoms with van der Waals surface area (Å²) in [6, 6.07) is 4.23. The van der Waals surface area contributed by atoms with E-state index in [1.807, 2.05) is 25.0 Å². The minimum Gasteiger partial charge on any atom is -0.340 e. The quantitative estimate of drug-likeness (QED) is 0.408. The number of aromatic nitrogens is 6. The number of piperazine rings is 1. The largest absolute Gasteiger partial charge is 0.340 e.